The number of oxime groups is 1. The van der Waals surface area contributed by atoms with Crippen LogP contribution in [0.1, 0.15) is 55.5 Å². The van der Waals surface area contributed by atoms with Gasteiger partial charge < -0.3 is 9.82 Å². The first-order chi connectivity index (χ1) is 13.1. The lowest BCUT2D eigenvalue weighted by Crippen LogP contribution is -2.31. The molecule has 1 N–H and O–H groups in total. The first kappa shape index (κ1) is 16.5. The van der Waals surface area contributed by atoms with E-state index in [-0.39, 0.29) is 5.60 Å². The van der Waals surface area contributed by atoms with Gasteiger partial charge in [0, 0.05) is 6.42 Å². The fourth-order valence-electron chi connectivity index (χ4n) is 4.59. The molecule has 1 aromatic heterocycles. The maximum Gasteiger partial charge on any atom is 0.156 e. The lowest BCUT2D eigenvalue weighted by molar-refractivity contribution is -0.0449. The van der Waals surface area contributed by atoms with Crippen LogP contribution >= 0.6 is 0 Å². The Bertz CT molecular complexity index is 1040. The SMILES string of the molecule is Cc1ccccc1-c1cc(C)c2nc(C3=NOC4(CCCCC4)C3)[nH]c2c1. The summed E-state index contributed by atoms with van der Waals surface area (Å²) in [6, 6.07) is 12.9. The lowest BCUT2D eigenvalue weighted by atomic mass is 9.81. The van der Waals surface area contributed by atoms with Crippen molar-refractivity contribution in [1.29, 1.82) is 0 Å². The van der Waals surface area contributed by atoms with E-state index in [0.717, 1.165) is 41.8 Å². The smallest absolute Gasteiger partial charge is 0.156 e. The van der Waals surface area contributed by atoms with Crippen LogP contribution in [-0.4, -0.2) is 21.3 Å². The number of fused-ring (bicyclic) bond motifs is 1. The molecule has 4 nitrogen and oxygen atoms in total. The van der Waals surface area contributed by atoms with Gasteiger partial charge >= 0.3 is 0 Å². The van der Waals surface area contributed by atoms with E-state index >= 15 is 0 Å². The Morgan fingerprint density at radius 3 is 2.63 bits per heavy atom. The minimum absolute atomic E-state index is 0.0755. The molecule has 1 spiro atoms. The third kappa shape index (κ3) is 2.84. The van der Waals surface area contributed by atoms with Gasteiger partial charge in [-0.1, -0.05) is 35.8 Å². The molecule has 0 radical (unpaired) electrons. The van der Waals surface area contributed by atoms with E-state index in [4.69, 9.17) is 9.82 Å². The molecular weight excluding hydrogens is 334 g/mol. The number of nitrogens with one attached hydrogen (secondary N) is 1. The number of H-pyrrole nitrogens is 1. The molecule has 1 aliphatic carbocycles. The second-order valence-corrected chi connectivity index (χ2v) is 8.14. The highest BCUT2D eigenvalue weighted by Gasteiger charge is 2.41. The zero-order valence-electron chi connectivity index (χ0n) is 16.0. The van der Waals surface area contributed by atoms with E-state index in [2.05, 4.69) is 60.4 Å². The molecule has 5 rings (SSSR count). The molecule has 1 saturated carbocycles. The highest BCUT2D eigenvalue weighted by Crippen LogP contribution is 2.39. The Balaban J connectivity index is 1.51. The summed E-state index contributed by atoms with van der Waals surface area (Å²) in [5.41, 5.74) is 7.93. The minimum Gasteiger partial charge on any atom is -0.388 e. The normalized spacial score (nSPS) is 18.7. The molecule has 0 bridgehead atoms. The predicted octanol–water partition coefficient (Wildman–Crippen LogP) is 5.67. The standard InChI is InChI=1S/C23H25N3O/c1-15-8-4-5-9-18(15)17-12-16(2)21-19(13-17)24-22(25-21)20-14-23(27-26-20)10-6-3-7-11-23/h4-5,8-9,12-13H,3,6-7,10-11,14H2,1-2H3,(H,24,25). The quantitative estimate of drug-likeness (QED) is 0.640. The number of aromatic nitrogens is 2. The number of nitrogens with zero attached hydrogens (tertiary/aromatic N) is 2. The molecule has 0 atom stereocenters. The second-order valence-electron chi connectivity index (χ2n) is 8.14. The first-order valence-electron chi connectivity index (χ1n) is 9.95. The Morgan fingerprint density at radius 2 is 1.81 bits per heavy atom. The van der Waals surface area contributed by atoms with Crippen molar-refractivity contribution in [3.8, 4) is 11.1 Å². The van der Waals surface area contributed by atoms with Crippen molar-refractivity contribution in [1.82, 2.24) is 9.97 Å². The summed E-state index contributed by atoms with van der Waals surface area (Å²) >= 11 is 0. The molecule has 138 valence electrons. The average molecular weight is 359 g/mol. The van der Waals surface area contributed by atoms with Gasteiger partial charge in [0.15, 0.2) is 5.82 Å². The summed E-state index contributed by atoms with van der Waals surface area (Å²) in [7, 11) is 0. The van der Waals surface area contributed by atoms with Crippen LogP contribution in [0.25, 0.3) is 22.2 Å². The molecule has 0 unspecified atom stereocenters. The number of rotatable bonds is 2. The van der Waals surface area contributed by atoms with Crippen LogP contribution in [-0.2, 0) is 4.84 Å². The predicted molar refractivity (Wildman–Crippen MR) is 109 cm³/mol. The van der Waals surface area contributed by atoms with Gasteiger partial charge in [-0.05, 0) is 73.9 Å². The number of benzene rings is 2. The monoisotopic (exact) mass is 359 g/mol. The molecule has 1 aliphatic heterocycles. The van der Waals surface area contributed by atoms with Gasteiger partial charge in [0.2, 0.25) is 0 Å². The summed E-state index contributed by atoms with van der Waals surface area (Å²) in [4.78, 5) is 14.3. The second kappa shape index (κ2) is 6.22. The molecule has 4 heteroatoms. The van der Waals surface area contributed by atoms with Gasteiger partial charge in [0.25, 0.3) is 0 Å². The van der Waals surface area contributed by atoms with Gasteiger partial charge in [0.05, 0.1) is 11.0 Å². The molecular formula is C23H25N3O. The van der Waals surface area contributed by atoms with E-state index in [0.29, 0.717) is 0 Å². The lowest BCUT2D eigenvalue weighted by Gasteiger charge is -2.30. The van der Waals surface area contributed by atoms with Crippen LogP contribution in [0, 0.1) is 13.8 Å². The molecule has 2 aromatic carbocycles. The van der Waals surface area contributed by atoms with Gasteiger partial charge in [-0.15, -0.1) is 0 Å². The van der Waals surface area contributed by atoms with Crippen LogP contribution in [0.2, 0.25) is 0 Å². The van der Waals surface area contributed by atoms with Crippen LogP contribution in [0.5, 0.6) is 0 Å². The number of hydrogen-bond donors (Lipinski definition) is 1. The van der Waals surface area contributed by atoms with Crippen molar-refractivity contribution < 1.29 is 4.84 Å². The third-order valence-corrected chi connectivity index (χ3v) is 6.11. The van der Waals surface area contributed by atoms with Gasteiger partial charge in [-0.25, -0.2) is 4.98 Å². The Labute approximate surface area is 159 Å². The largest absolute Gasteiger partial charge is 0.388 e. The maximum atomic E-state index is 5.91. The zero-order valence-corrected chi connectivity index (χ0v) is 16.0. The van der Waals surface area contributed by atoms with E-state index in [1.165, 1.54) is 41.5 Å². The fraction of sp³-hybridized carbons (Fsp3) is 0.391. The van der Waals surface area contributed by atoms with Crippen molar-refractivity contribution in [3.05, 3.63) is 53.3 Å². The van der Waals surface area contributed by atoms with E-state index in [1.807, 2.05) is 0 Å². The first-order valence-corrected chi connectivity index (χ1v) is 9.95. The van der Waals surface area contributed by atoms with Crippen molar-refractivity contribution in [2.75, 3.05) is 0 Å². The third-order valence-electron chi connectivity index (χ3n) is 6.11. The number of imidazole rings is 1. The average Bonchev–Trinajstić information content (AvgIpc) is 3.28. The Kier molecular flexibility index (Phi) is 3.81. The summed E-state index contributed by atoms with van der Waals surface area (Å²) in [6.07, 6.45) is 6.87. The zero-order chi connectivity index (χ0) is 18.4. The van der Waals surface area contributed by atoms with Gasteiger partial charge in [-0.3, -0.25) is 0 Å². The topological polar surface area (TPSA) is 50.3 Å². The van der Waals surface area contributed by atoms with Crippen molar-refractivity contribution in [3.63, 3.8) is 0 Å². The fourth-order valence-corrected chi connectivity index (χ4v) is 4.59. The van der Waals surface area contributed by atoms with Gasteiger partial charge in [-0.2, -0.15) is 0 Å². The molecule has 27 heavy (non-hydrogen) atoms. The highest BCUT2D eigenvalue weighted by atomic mass is 16.7. The summed E-state index contributed by atoms with van der Waals surface area (Å²) in [5, 5.41) is 4.43. The summed E-state index contributed by atoms with van der Waals surface area (Å²) in [6.45, 7) is 4.28. The van der Waals surface area contributed by atoms with E-state index < -0.39 is 0 Å². The van der Waals surface area contributed by atoms with Crippen LogP contribution in [0.4, 0.5) is 0 Å². The number of aromatic amines is 1. The number of hydrogen-bond acceptors (Lipinski definition) is 3. The highest BCUT2D eigenvalue weighted by molar-refractivity contribution is 6.01. The minimum atomic E-state index is -0.0755. The van der Waals surface area contributed by atoms with Crippen LogP contribution in [0.15, 0.2) is 41.6 Å². The Hall–Kier alpha value is -2.62. The number of aryl methyl sites for hydroxylation is 2. The van der Waals surface area contributed by atoms with Crippen molar-refractivity contribution >= 4 is 16.7 Å². The van der Waals surface area contributed by atoms with Crippen LogP contribution in [0.3, 0.4) is 0 Å². The van der Waals surface area contributed by atoms with E-state index in [1.54, 1.807) is 0 Å². The molecule has 2 heterocycles. The Morgan fingerprint density at radius 1 is 1.00 bits per heavy atom. The summed E-state index contributed by atoms with van der Waals surface area (Å²) in [5.74, 6) is 0.859. The molecule has 3 aromatic rings. The van der Waals surface area contributed by atoms with E-state index in [9.17, 15) is 0 Å². The van der Waals surface area contributed by atoms with Crippen molar-refractivity contribution in [2.24, 2.45) is 5.16 Å². The molecule has 0 amide bonds. The van der Waals surface area contributed by atoms with Crippen molar-refractivity contribution in [2.45, 2.75) is 58.0 Å². The maximum absolute atomic E-state index is 5.91. The van der Waals surface area contributed by atoms with Crippen LogP contribution < -0.4 is 0 Å². The molecule has 0 saturated heterocycles. The van der Waals surface area contributed by atoms with Gasteiger partial charge in [0.1, 0.15) is 11.3 Å². The molecule has 2 aliphatic rings. The summed E-state index contributed by atoms with van der Waals surface area (Å²) < 4.78 is 0. The molecule has 1 fully saturated rings.